The molecular formula is C25H35N3O5S. The Labute approximate surface area is 202 Å². The average molecular weight is 490 g/mol. The predicted molar refractivity (Wildman–Crippen MR) is 134 cm³/mol. The molecule has 0 aliphatic carbocycles. The molecule has 186 valence electrons. The van der Waals surface area contributed by atoms with Crippen molar-refractivity contribution in [3.05, 3.63) is 59.7 Å². The summed E-state index contributed by atoms with van der Waals surface area (Å²) in [5, 5.41) is 2.91. The lowest BCUT2D eigenvalue weighted by atomic mass is 10.1. The average Bonchev–Trinajstić information content (AvgIpc) is 2.80. The molecule has 2 aromatic rings. The number of amides is 2. The normalized spacial score (nSPS) is 13.0. The van der Waals surface area contributed by atoms with E-state index in [4.69, 9.17) is 4.74 Å². The van der Waals surface area contributed by atoms with E-state index >= 15 is 0 Å². The molecule has 0 bridgehead atoms. The minimum Gasteiger partial charge on any atom is -0.497 e. The van der Waals surface area contributed by atoms with Crippen LogP contribution in [0.3, 0.4) is 0 Å². The quantitative estimate of drug-likeness (QED) is 0.523. The van der Waals surface area contributed by atoms with Crippen molar-refractivity contribution in [1.29, 1.82) is 0 Å². The molecule has 0 saturated carbocycles. The third kappa shape index (κ3) is 7.48. The van der Waals surface area contributed by atoms with Crippen molar-refractivity contribution < 1.29 is 22.7 Å². The van der Waals surface area contributed by atoms with Crippen LogP contribution in [0.15, 0.2) is 48.5 Å². The molecular weight excluding hydrogens is 454 g/mol. The van der Waals surface area contributed by atoms with Crippen molar-refractivity contribution in [2.75, 3.05) is 24.2 Å². The number of nitrogens with one attached hydrogen (secondary N) is 1. The van der Waals surface area contributed by atoms with E-state index in [9.17, 15) is 18.0 Å². The minimum atomic E-state index is -3.74. The van der Waals surface area contributed by atoms with E-state index in [1.54, 1.807) is 50.4 Å². The van der Waals surface area contributed by atoms with Gasteiger partial charge in [0.05, 0.1) is 19.1 Å². The Balaban J connectivity index is 2.36. The topological polar surface area (TPSA) is 96.0 Å². The van der Waals surface area contributed by atoms with Gasteiger partial charge < -0.3 is 15.0 Å². The van der Waals surface area contributed by atoms with E-state index in [1.165, 1.54) is 4.90 Å². The van der Waals surface area contributed by atoms with Crippen LogP contribution in [0.4, 0.5) is 5.69 Å². The first-order valence-electron chi connectivity index (χ1n) is 11.2. The summed E-state index contributed by atoms with van der Waals surface area (Å²) in [6.45, 7) is 7.12. The molecule has 0 saturated heterocycles. The number of benzene rings is 2. The van der Waals surface area contributed by atoms with Crippen molar-refractivity contribution in [1.82, 2.24) is 10.2 Å². The summed E-state index contributed by atoms with van der Waals surface area (Å²) in [4.78, 5) is 27.8. The molecule has 2 rings (SSSR count). The number of nitrogens with zero attached hydrogens (tertiary/aromatic N) is 2. The summed E-state index contributed by atoms with van der Waals surface area (Å²) in [5.41, 5.74) is 2.15. The molecule has 34 heavy (non-hydrogen) atoms. The fourth-order valence-corrected chi connectivity index (χ4v) is 4.15. The van der Waals surface area contributed by atoms with Crippen molar-refractivity contribution in [3.8, 4) is 5.75 Å². The van der Waals surface area contributed by atoms with E-state index in [-0.39, 0.29) is 18.5 Å². The number of anilines is 1. The van der Waals surface area contributed by atoms with Gasteiger partial charge in [-0.05, 0) is 57.0 Å². The van der Waals surface area contributed by atoms with Crippen molar-refractivity contribution in [3.63, 3.8) is 0 Å². The molecule has 0 aliphatic rings. The van der Waals surface area contributed by atoms with Gasteiger partial charge in [-0.3, -0.25) is 13.9 Å². The molecule has 0 spiro atoms. The maximum absolute atomic E-state index is 13.5. The van der Waals surface area contributed by atoms with Crippen LogP contribution in [0.25, 0.3) is 0 Å². The molecule has 0 aromatic heterocycles. The van der Waals surface area contributed by atoms with E-state index in [0.29, 0.717) is 11.4 Å². The molecule has 0 aliphatic heterocycles. The lowest BCUT2D eigenvalue weighted by Gasteiger charge is -2.32. The number of rotatable bonds is 11. The monoisotopic (exact) mass is 489 g/mol. The van der Waals surface area contributed by atoms with Gasteiger partial charge in [0.2, 0.25) is 21.8 Å². The Hall–Kier alpha value is -3.07. The Morgan fingerprint density at radius 1 is 1.03 bits per heavy atom. The molecule has 0 radical (unpaired) electrons. The maximum Gasteiger partial charge on any atom is 0.244 e. The highest BCUT2D eigenvalue weighted by molar-refractivity contribution is 7.92. The fraction of sp³-hybridized carbons (Fsp3) is 0.440. The number of ether oxygens (including phenoxy) is 1. The Kier molecular flexibility index (Phi) is 9.49. The van der Waals surface area contributed by atoms with E-state index in [1.807, 2.05) is 32.9 Å². The Morgan fingerprint density at radius 2 is 1.62 bits per heavy atom. The van der Waals surface area contributed by atoms with E-state index in [0.717, 1.165) is 28.1 Å². The summed E-state index contributed by atoms with van der Waals surface area (Å²) in [6, 6.07) is 13.2. The number of sulfonamides is 1. The molecule has 2 atom stereocenters. The van der Waals surface area contributed by atoms with Gasteiger partial charge in [0.15, 0.2) is 0 Å². The molecule has 0 fully saturated rings. The largest absolute Gasteiger partial charge is 0.497 e. The first kappa shape index (κ1) is 27.2. The zero-order chi connectivity index (χ0) is 25.5. The van der Waals surface area contributed by atoms with Gasteiger partial charge in [0.25, 0.3) is 0 Å². The zero-order valence-corrected chi connectivity index (χ0v) is 21.6. The van der Waals surface area contributed by atoms with Crippen LogP contribution in [0.2, 0.25) is 0 Å². The van der Waals surface area contributed by atoms with Crippen LogP contribution in [0, 0.1) is 6.92 Å². The second kappa shape index (κ2) is 11.9. The van der Waals surface area contributed by atoms with E-state index in [2.05, 4.69) is 5.32 Å². The van der Waals surface area contributed by atoms with Gasteiger partial charge in [-0.25, -0.2) is 8.42 Å². The molecule has 0 unspecified atom stereocenters. The lowest BCUT2D eigenvalue weighted by molar-refractivity contribution is -0.139. The molecule has 2 amide bonds. The van der Waals surface area contributed by atoms with Gasteiger partial charge in [-0.2, -0.15) is 0 Å². The Bertz CT molecular complexity index is 1070. The predicted octanol–water partition coefficient (Wildman–Crippen LogP) is 3.10. The number of methoxy groups -OCH3 is 1. The maximum atomic E-state index is 13.5. The summed E-state index contributed by atoms with van der Waals surface area (Å²) >= 11 is 0. The SMILES string of the molecule is CC[C@H](C)NC(=O)[C@H](C)N(Cc1ccc(OC)cc1)C(=O)CN(c1ccc(C)cc1)S(C)(=O)=O. The first-order valence-corrected chi connectivity index (χ1v) is 13.1. The van der Waals surface area contributed by atoms with Gasteiger partial charge in [0, 0.05) is 12.6 Å². The second-order valence-corrected chi connectivity index (χ2v) is 10.4. The molecule has 0 heterocycles. The minimum absolute atomic E-state index is 0.0482. The lowest BCUT2D eigenvalue weighted by Crippen LogP contribution is -2.52. The third-order valence-corrected chi connectivity index (χ3v) is 6.82. The smallest absolute Gasteiger partial charge is 0.244 e. The van der Waals surface area contributed by atoms with E-state index < -0.39 is 28.5 Å². The Morgan fingerprint density at radius 3 is 2.12 bits per heavy atom. The fourth-order valence-electron chi connectivity index (χ4n) is 3.30. The van der Waals surface area contributed by atoms with Gasteiger partial charge in [-0.15, -0.1) is 0 Å². The van der Waals surface area contributed by atoms with Crippen LogP contribution in [0.5, 0.6) is 5.75 Å². The number of hydrogen-bond acceptors (Lipinski definition) is 5. The van der Waals surface area contributed by atoms with Gasteiger partial charge in [-0.1, -0.05) is 36.8 Å². The van der Waals surface area contributed by atoms with Crippen LogP contribution < -0.4 is 14.4 Å². The number of carbonyl (C=O) groups excluding carboxylic acids is 2. The summed E-state index contributed by atoms with van der Waals surface area (Å²) < 4.78 is 31.4. The molecule has 2 aromatic carbocycles. The summed E-state index contributed by atoms with van der Waals surface area (Å²) in [5.74, 6) is -0.0992. The van der Waals surface area contributed by atoms with Crippen molar-refractivity contribution >= 4 is 27.5 Å². The summed E-state index contributed by atoms with van der Waals surface area (Å²) in [7, 11) is -2.17. The highest BCUT2D eigenvalue weighted by Crippen LogP contribution is 2.20. The molecule has 9 heteroatoms. The van der Waals surface area contributed by atoms with Crippen LogP contribution >= 0.6 is 0 Å². The van der Waals surface area contributed by atoms with Crippen LogP contribution in [-0.2, 0) is 26.2 Å². The molecule has 1 N–H and O–H groups in total. The number of aryl methyl sites for hydroxylation is 1. The second-order valence-electron chi connectivity index (χ2n) is 8.47. The highest BCUT2D eigenvalue weighted by atomic mass is 32.2. The first-order chi connectivity index (χ1) is 16.0. The number of carbonyl (C=O) groups is 2. The van der Waals surface area contributed by atoms with Crippen LogP contribution in [0.1, 0.15) is 38.3 Å². The van der Waals surface area contributed by atoms with Gasteiger partial charge >= 0.3 is 0 Å². The molecule has 8 nitrogen and oxygen atoms in total. The van der Waals surface area contributed by atoms with Crippen LogP contribution in [-0.4, -0.2) is 57.1 Å². The number of hydrogen-bond donors (Lipinski definition) is 1. The zero-order valence-electron chi connectivity index (χ0n) is 20.7. The third-order valence-electron chi connectivity index (χ3n) is 5.68. The summed E-state index contributed by atoms with van der Waals surface area (Å²) in [6.07, 6.45) is 1.81. The van der Waals surface area contributed by atoms with Gasteiger partial charge in [0.1, 0.15) is 18.3 Å². The standard InChI is InChI=1S/C25H35N3O5S/c1-7-19(3)26-25(30)20(4)27(16-21-10-14-23(33-5)15-11-21)24(29)17-28(34(6,31)32)22-12-8-18(2)9-13-22/h8-15,19-20H,7,16-17H2,1-6H3,(H,26,30)/t19-,20-/m0/s1. The highest BCUT2D eigenvalue weighted by Gasteiger charge is 2.30. The van der Waals surface area contributed by atoms with Crippen molar-refractivity contribution in [2.45, 2.75) is 52.7 Å². The van der Waals surface area contributed by atoms with Crippen molar-refractivity contribution in [2.24, 2.45) is 0 Å².